The van der Waals surface area contributed by atoms with Crippen molar-refractivity contribution in [1.82, 2.24) is 5.48 Å². The van der Waals surface area contributed by atoms with Crippen molar-refractivity contribution in [3.63, 3.8) is 0 Å². The minimum atomic E-state index is -0.528. The smallest absolute Gasteiger partial charge is 0.309 e. The third-order valence-corrected chi connectivity index (χ3v) is 4.59. The van der Waals surface area contributed by atoms with Crippen molar-refractivity contribution in [2.75, 3.05) is 13.9 Å². The number of carbonyl (C=O) groups is 2. The zero-order chi connectivity index (χ0) is 18.8. The summed E-state index contributed by atoms with van der Waals surface area (Å²) in [6.45, 7) is 0.214. The molecule has 1 aromatic carbocycles. The second-order valence-corrected chi connectivity index (χ2v) is 6.48. The highest BCUT2D eigenvalue weighted by Gasteiger charge is 2.21. The van der Waals surface area contributed by atoms with E-state index in [2.05, 4.69) is 0 Å². The summed E-state index contributed by atoms with van der Waals surface area (Å²) in [7, 11) is 1.32. The molecule has 0 aliphatic heterocycles. The Morgan fingerprint density at radius 1 is 1.31 bits per heavy atom. The van der Waals surface area contributed by atoms with Gasteiger partial charge in [0.1, 0.15) is 5.75 Å². The highest BCUT2D eigenvalue weighted by molar-refractivity contribution is 5.77. The third kappa shape index (κ3) is 6.65. The minimum Gasteiger partial charge on any atom is -0.469 e. The predicted molar refractivity (Wildman–Crippen MR) is 93.7 cm³/mol. The van der Waals surface area contributed by atoms with Crippen molar-refractivity contribution < 1.29 is 29.0 Å². The first kappa shape index (κ1) is 20.2. The number of methoxy groups -OCH3 is 1. The van der Waals surface area contributed by atoms with E-state index in [1.165, 1.54) is 20.0 Å². The van der Waals surface area contributed by atoms with E-state index in [4.69, 9.17) is 19.4 Å². The number of amides is 1. The van der Waals surface area contributed by atoms with Crippen LogP contribution in [-0.2, 0) is 25.5 Å². The molecule has 0 spiro atoms. The van der Waals surface area contributed by atoms with Gasteiger partial charge in [0.2, 0.25) is 5.91 Å². The molecular formula is C19H27NO6. The number of benzene rings is 1. The molecular weight excluding hydrogens is 338 g/mol. The quantitative estimate of drug-likeness (QED) is 0.286. The van der Waals surface area contributed by atoms with Crippen LogP contribution in [0.4, 0.5) is 0 Å². The van der Waals surface area contributed by atoms with Crippen molar-refractivity contribution in [3.05, 3.63) is 29.8 Å². The molecule has 1 aliphatic carbocycles. The fraction of sp³-hybridized carbons (Fsp3) is 0.579. The lowest BCUT2D eigenvalue weighted by atomic mass is 9.94. The SMILES string of the molecule is COC(=O)C(CCC(=O)NO)Cc1cccc(OCOC2CCCC2)c1. The van der Waals surface area contributed by atoms with E-state index in [9.17, 15) is 9.59 Å². The molecule has 0 saturated heterocycles. The average molecular weight is 365 g/mol. The van der Waals surface area contributed by atoms with Crippen LogP contribution in [0.1, 0.15) is 44.1 Å². The summed E-state index contributed by atoms with van der Waals surface area (Å²) < 4.78 is 16.2. The minimum absolute atomic E-state index is 0.0433. The lowest BCUT2D eigenvalue weighted by Gasteiger charge is -2.15. The lowest BCUT2D eigenvalue weighted by Crippen LogP contribution is -2.24. The summed E-state index contributed by atoms with van der Waals surface area (Å²) in [5.41, 5.74) is 2.48. The van der Waals surface area contributed by atoms with E-state index in [0.717, 1.165) is 18.4 Å². The van der Waals surface area contributed by atoms with Crippen LogP contribution in [0.15, 0.2) is 24.3 Å². The number of carbonyl (C=O) groups excluding carboxylic acids is 2. The zero-order valence-corrected chi connectivity index (χ0v) is 15.1. The summed E-state index contributed by atoms with van der Waals surface area (Å²) in [4.78, 5) is 23.2. The number of hydroxylamine groups is 1. The van der Waals surface area contributed by atoms with E-state index in [1.54, 1.807) is 5.48 Å². The molecule has 1 saturated carbocycles. The van der Waals surface area contributed by atoms with Crippen LogP contribution >= 0.6 is 0 Å². The Labute approximate surface area is 153 Å². The van der Waals surface area contributed by atoms with Crippen molar-refractivity contribution in [2.45, 2.75) is 51.0 Å². The van der Waals surface area contributed by atoms with Gasteiger partial charge in [-0.05, 0) is 43.4 Å². The molecule has 1 aliphatic rings. The van der Waals surface area contributed by atoms with E-state index in [-0.39, 0.29) is 25.6 Å². The van der Waals surface area contributed by atoms with Crippen molar-refractivity contribution in [2.24, 2.45) is 5.92 Å². The second kappa shape index (κ2) is 10.8. The molecule has 26 heavy (non-hydrogen) atoms. The summed E-state index contributed by atoms with van der Waals surface area (Å²) in [5, 5.41) is 8.59. The van der Waals surface area contributed by atoms with E-state index in [0.29, 0.717) is 18.3 Å². The number of esters is 1. The molecule has 1 amide bonds. The number of rotatable bonds is 10. The molecule has 0 radical (unpaired) electrons. The van der Waals surface area contributed by atoms with Gasteiger partial charge in [-0.15, -0.1) is 0 Å². The van der Waals surface area contributed by atoms with Gasteiger partial charge in [-0.25, -0.2) is 5.48 Å². The third-order valence-electron chi connectivity index (χ3n) is 4.59. The first-order chi connectivity index (χ1) is 12.6. The van der Waals surface area contributed by atoms with Gasteiger partial charge in [0, 0.05) is 6.42 Å². The molecule has 144 valence electrons. The van der Waals surface area contributed by atoms with Gasteiger partial charge in [0.25, 0.3) is 0 Å². The number of hydrogen-bond acceptors (Lipinski definition) is 6. The normalized spacial score (nSPS) is 15.5. The van der Waals surface area contributed by atoms with Gasteiger partial charge in [-0.3, -0.25) is 14.8 Å². The summed E-state index contributed by atoms with van der Waals surface area (Å²) in [6.07, 6.45) is 5.65. The maximum Gasteiger partial charge on any atom is 0.309 e. The maximum absolute atomic E-state index is 12.0. The molecule has 1 atom stereocenters. The highest BCUT2D eigenvalue weighted by Crippen LogP contribution is 2.22. The number of nitrogens with one attached hydrogen (secondary N) is 1. The van der Waals surface area contributed by atoms with Crippen LogP contribution in [0.25, 0.3) is 0 Å². The topological polar surface area (TPSA) is 94.1 Å². The zero-order valence-electron chi connectivity index (χ0n) is 15.1. The predicted octanol–water partition coefficient (Wildman–Crippen LogP) is 2.60. The molecule has 7 heteroatoms. The molecule has 2 N–H and O–H groups in total. The van der Waals surface area contributed by atoms with Gasteiger partial charge in [0.15, 0.2) is 6.79 Å². The number of hydrogen-bond donors (Lipinski definition) is 2. The van der Waals surface area contributed by atoms with Gasteiger partial charge >= 0.3 is 5.97 Å². The van der Waals surface area contributed by atoms with Gasteiger partial charge in [-0.2, -0.15) is 0 Å². The van der Waals surface area contributed by atoms with Gasteiger partial charge < -0.3 is 14.2 Å². The Balaban J connectivity index is 1.88. The Kier molecular flexibility index (Phi) is 8.37. The average Bonchev–Trinajstić information content (AvgIpc) is 3.18. The maximum atomic E-state index is 12.0. The number of ether oxygens (including phenoxy) is 3. The largest absolute Gasteiger partial charge is 0.469 e. The van der Waals surface area contributed by atoms with Crippen molar-refractivity contribution >= 4 is 11.9 Å². The van der Waals surface area contributed by atoms with Crippen LogP contribution in [0.5, 0.6) is 5.75 Å². The van der Waals surface area contributed by atoms with Crippen LogP contribution in [0.3, 0.4) is 0 Å². The standard InChI is InChI=1S/C19H27NO6/c1-24-19(22)15(9-10-18(21)20-23)11-14-5-4-8-17(12-14)26-13-25-16-6-2-3-7-16/h4-5,8,12,15-16,23H,2-3,6-7,9-11,13H2,1H3,(H,20,21). The van der Waals surface area contributed by atoms with Crippen LogP contribution in [0, 0.1) is 5.92 Å². The van der Waals surface area contributed by atoms with E-state index in [1.807, 2.05) is 24.3 Å². The summed E-state index contributed by atoms with van der Waals surface area (Å²) >= 11 is 0. The van der Waals surface area contributed by atoms with Crippen LogP contribution in [-0.4, -0.2) is 37.1 Å². The highest BCUT2D eigenvalue weighted by atomic mass is 16.7. The fourth-order valence-electron chi connectivity index (χ4n) is 3.13. The molecule has 1 aromatic rings. The summed E-state index contributed by atoms with van der Waals surface area (Å²) in [5.74, 6) is -0.703. The molecule has 0 bridgehead atoms. The van der Waals surface area contributed by atoms with Crippen LogP contribution < -0.4 is 10.2 Å². The molecule has 1 fully saturated rings. The molecule has 0 aromatic heterocycles. The molecule has 1 unspecified atom stereocenters. The Bertz CT molecular complexity index is 585. The first-order valence-electron chi connectivity index (χ1n) is 8.96. The monoisotopic (exact) mass is 365 g/mol. The molecule has 0 heterocycles. The Morgan fingerprint density at radius 2 is 2.08 bits per heavy atom. The Hall–Kier alpha value is -2.12. The van der Waals surface area contributed by atoms with Crippen LogP contribution in [0.2, 0.25) is 0 Å². The van der Waals surface area contributed by atoms with Crippen molar-refractivity contribution in [1.29, 1.82) is 0 Å². The fourth-order valence-corrected chi connectivity index (χ4v) is 3.13. The van der Waals surface area contributed by atoms with E-state index < -0.39 is 11.8 Å². The molecule has 2 rings (SSSR count). The van der Waals surface area contributed by atoms with Crippen molar-refractivity contribution in [3.8, 4) is 5.75 Å². The van der Waals surface area contributed by atoms with E-state index >= 15 is 0 Å². The molecule has 7 nitrogen and oxygen atoms in total. The van der Waals surface area contributed by atoms with Gasteiger partial charge in [0.05, 0.1) is 19.1 Å². The first-order valence-corrected chi connectivity index (χ1v) is 8.96. The lowest BCUT2D eigenvalue weighted by molar-refractivity contribution is -0.145. The Morgan fingerprint density at radius 3 is 2.77 bits per heavy atom. The summed E-state index contributed by atoms with van der Waals surface area (Å²) in [6, 6.07) is 7.45. The van der Waals surface area contributed by atoms with Gasteiger partial charge in [-0.1, -0.05) is 25.0 Å². The second-order valence-electron chi connectivity index (χ2n) is 6.48.